The van der Waals surface area contributed by atoms with Crippen LogP contribution in [-0.4, -0.2) is 11.0 Å². The van der Waals surface area contributed by atoms with Crippen molar-refractivity contribution in [2.24, 2.45) is 5.73 Å². The fraction of sp³-hybridized carbons (Fsp3) is 0. The Labute approximate surface area is 137 Å². The van der Waals surface area contributed by atoms with Gasteiger partial charge in [0, 0.05) is 0 Å². The van der Waals surface area contributed by atoms with Crippen LogP contribution >= 0.6 is 35.4 Å². The summed E-state index contributed by atoms with van der Waals surface area (Å²) in [6.07, 6.45) is 0. The number of rotatable bonds is 3. The number of amides is 1. The normalized spacial score (nSPS) is 10.0. The Morgan fingerprint density at radius 3 is 2.24 bits per heavy atom. The third kappa shape index (κ3) is 3.85. The van der Waals surface area contributed by atoms with E-state index in [0.29, 0.717) is 27.0 Å². The van der Waals surface area contributed by atoms with Gasteiger partial charge >= 0.3 is 0 Å². The van der Waals surface area contributed by atoms with Crippen molar-refractivity contribution in [3.8, 4) is 0 Å². The van der Waals surface area contributed by atoms with Gasteiger partial charge in [-0.15, -0.1) is 0 Å². The molecule has 4 N–H and O–H groups in total. The summed E-state index contributed by atoms with van der Waals surface area (Å²) < 4.78 is 0. The first-order valence-electron chi connectivity index (χ1n) is 5.90. The molecule has 0 fully saturated rings. The maximum atomic E-state index is 12.4. The molecule has 0 spiro atoms. The Morgan fingerprint density at radius 1 is 1.00 bits per heavy atom. The summed E-state index contributed by atoms with van der Waals surface area (Å²) in [5.41, 5.74) is 6.68. The molecule has 1 amide bonds. The van der Waals surface area contributed by atoms with Crippen LogP contribution in [0.3, 0.4) is 0 Å². The predicted octanol–water partition coefficient (Wildman–Crippen LogP) is 3.90. The van der Waals surface area contributed by atoms with Gasteiger partial charge in [0.1, 0.15) is 0 Å². The quantitative estimate of drug-likeness (QED) is 0.742. The van der Waals surface area contributed by atoms with E-state index in [1.807, 2.05) is 0 Å². The molecule has 0 unspecified atom stereocenters. The number of hydrogen-bond acceptors (Lipinski definition) is 2. The second kappa shape index (κ2) is 6.76. The van der Waals surface area contributed by atoms with Crippen LogP contribution in [0, 0.1) is 0 Å². The summed E-state index contributed by atoms with van der Waals surface area (Å²) in [5.74, 6) is -0.371. The van der Waals surface area contributed by atoms with Crippen LogP contribution in [0.4, 0.5) is 11.4 Å². The highest BCUT2D eigenvalue weighted by molar-refractivity contribution is 7.80. The number of nitrogens with one attached hydrogen (secondary N) is 2. The van der Waals surface area contributed by atoms with Gasteiger partial charge in [-0.05, 0) is 36.5 Å². The lowest BCUT2D eigenvalue weighted by Gasteiger charge is -2.12. The standard InChI is InChI=1S/C14H11Cl2N3OS/c15-9-5-3-6-10(16)12(9)19-13(20)8-4-1-2-7-11(8)18-14(17)21/h1-7H,(H,19,20)(H3,17,18,21). The van der Waals surface area contributed by atoms with E-state index in [-0.39, 0.29) is 11.0 Å². The SMILES string of the molecule is NC(=S)Nc1ccccc1C(=O)Nc1c(Cl)cccc1Cl. The van der Waals surface area contributed by atoms with Crippen LogP contribution in [0.2, 0.25) is 10.0 Å². The molecule has 0 aliphatic heterocycles. The van der Waals surface area contributed by atoms with Gasteiger partial charge in [-0.25, -0.2) is 0 Å². The molecule has 0 atom stereocenters. The number of carbonyl (C=O) groups excluding carboxylic acids is 1. The Hall–Kier alpha value is -1.82. The van der Waals surface area contributed by atoms with Gasteiger partial charge in [0.15, 0.2) is 5.11 Å². The fourth-order valence-electron chi connectivity index (χ4n) is 1.72. The lowest BCUT2D eigenvalue weighted by atomic mass is 10.1. The van der Waals surface area contributed by atoms with Gasteiger partial charge in [-0.3, -0.25) is 4.79 Å². The molecular weight excluding hydrogens is 329 g/mol. The van der Waals surface area contributed by atoms with E-state index in [0.717, 1.165) is 0 Å². The lowest BCUT2D eigenvalue weighted by Crippen LogP contribution is -2.22. The summed E-state index contributed by atoms with van der Waals surface area (Å²) in [6.45, 7) is 0. The summed E-state index contributed by atoms with van der Waals surface area (Å²) in [5, 5.41) is 6.22. The molecular formula is C14H11Cl2N3OS. The van der Waals surface area contributed by atoms with Crippen molar-refractivity contribution < 1.29 is 4.79 Å². The van der Waals surface area contributed by atoms with Crippen LogP contribution in [-0.2, 0) is 0 Å². The van der Waals surface area contributed by atoms with Gasteiger partial charge < -0.3 is 16.4 Å². The number of hydrogen-bond donors (Lipinski definition) is 3. The minimum Gasteiger partial charge on any atom is -0.376 e. The summed E-state index contributed by atoms with van der Waals surface area (Å²) in [6, 6.07) is 11.8. The zero-order valence-corrected chi connectivity index (χ0v) is 13.0. The van der Waals surface area contributed by atoms with Crippen molar-refractivity contribution in [1.82, 2.24) is 0 Å². The molecule has 0 aliphatic carbocycles. The second-order valence-electron chi connectivity index (χ2n) is 4.09. The summed E-state index contributed by atoms with van der Waals surface area (Å²) in [4.78, 5) is 12.4. The number of benzene rings is 2. The molecule has 2 aromatic carbocycles. The number of para-hydroxylation sites is 2. The molecule has 0 saturated heterocycles. The number of nitrogens with two attached hydrogens (primary N) is 1. The van der Waals surface area contributed by atoms with Gasteiger partial charge in [-0.2, -0.15) is 0 Å². The van der Waals surface area contributed by atoms with Crippen molar-refractivity contribution in [2.75, 3.05) is 10.6 Å². The molecule has 2 aromatic rings. The Bertz CT molecular complexity index is 686. The average Bonchev–Trinajstić information content (AvgIpc) is 2.43. The van der Waals surface area contributed by atoms with E-state index < -0.39 is 0 Å². The van der Waals surface area contributed by atoms with E-state index in [4.69, 9.17) is 41.2 Å². The molecule has 0 bridgehead atoms. The minimum absolute atomic E-state index is 0.0750. The van der Waals surface area contributed by atoms with Crippen molar-refractivity contribution >= 4 is 57.8 Å². The maximum Gasteiger partial charge on any atom is 0.257 e. The highest BCUT2D eigenvalue weighted by atomic mass is 35.5. The number of halogens is 2. The van der Waals surface area contributed by atoms with Gasteiger partial charge in [0.25, 0.3) is 5.91 Å². The Kier molecular flexibility index (Phi) is 5.01. The molecule has 0 aliphatic rings. The zero-order chi connectivity index (χ0) is 15.4. The minimum atomic E-state index is -0.371. The third-order valence-corrected chi connectivity index (χ3v) is 3.36. The fourth-order valence-corrected chi connectivity index (χ4v) is 2.32. The molecule has 108 valence electrons. The van der Waals surface area contributed by atoms with Gasteiger partial charge in [0.05, 0.1) is 27.0 Å². The Morgan fingerprint density at radius 2 is 1.62 bits per heavy atom. The first kappa shape index (κ1) is 15.6. The van der Waals surface area contributed by atoms with Crippen LogP contribution in [0.5, 0.6) is 0 Å². The van der Waals surface area contributed by atoms with Gasteiger partial charge in [-0.1, -0.05) is 41.4 Å². The van der Waals surface area contributed by atoms with E-state index in [2.05, 4.69) is 10.6 Å². The van der Waals surface area contributed by atoms with E-state index in [1.165, 1.54) is 0 Å². The topological polar surface area (TPSA) is 67.1 Å². The zero-order valence-electron chi connectivity index (χ0n) is 10.7. The summed E-state index contributed by atoms with van der Waals surface area (Å²) in [7, 11) is 0. The Balaban J connectivity index is 2.31. The van der Waals surface area contributed by atoms with E-state index in [1.54, 1.807) is 42.5 Å². The molecule has 0 radical (unpaired) electrons. The van der Waals surface area contributed by atoms with Crippen LogP contribution in [0.15, 0.2) is 42.5 Å². The van der Waals surface area contributed by atoms with Gasteiger partial charge in [0.2, 0.25) is 0 Å². The summed E-state index contributed by atoms with van der Waals surface area (Å²) >= 11 is 16.8. The second-order valence-corrected chi connectivity index (χ2v) is 5.34. The highest BCUT2D eigenvalue weighted by Crippen LogP contribution is 2.30. The van der Waals surface area contributed by atoms with Crippen molar-refractivity contribution in [3.05, 3.63) is 58.1 Å². The molecule has 4 nitrogen and oxygen atoms in total. The molecule has 0 aromatic heterocycles. The van der Waals surface area contributed by atoms with Crippen LogP contribution in [0.25, 0.3) is 0 Å². The number of carbonyl (C=O) groups is 1. The smallest absolute Gasteiger partial charge is 0.257 e. The predicted molar refractivity (Wildman–Crippen MR) is 91.3 cm³/mol. The van der Waals surface area contributed by atoms with E-state index >= 15 is 0 Å². The maximum absolute atomic E-state index is 12.4. The van der Waals surface area contributed by atoms with Crippen molar-refractivity contribution in [3.63, 3.8) is 0 Å². The first-order valence-corrected chi connectivity index (χ1v) is 7.06. The van der Waals surface area contributed by atoms with Crippen LogP contribution in [0.1, 0.15) is 10.4 Å². The number of anilines is 2. The molecule has 2 rings (SSSR count). The molecule has 7 heteroatoms. The number of thiocarbonyl (C=S) groups is 1. The monoisotopic (exact) mass is 339 g/mol. The van der Waals surface area contributed by atoms with Crippen molar-refractivity contribution in [1.29, 1.82) is 0 Å². The lowest BCUT2D eigenvalue weighted by molar-refractivity contribution is 0.102. The highest BCUT2D eigenvalue weighted by Gasteiger charge is 2.14. The average molecular weight is 340 g/mol. The van der Waals surface area contributed by atoms with Crippen molar-refractivity contribution in [2.45, 2.75) is 0 Å². The molecule has 0 heterocycles. The van der Waals surface area contributed by atoms with Crippen LogP contribution < -0.4 is 16.4 Å². The first-order chi connectivity index (χ1) is 9.99. The molecule has 21 heavy (non-hydrogen) atoms. The molecule has 0 saturated carbocycles. The largest absolute Gasteiger partial charge is 0.376 e. The third-order valence-electron chi connectivity index (χ3n) is 2.63. The van der Waals surface area contributed by atoms with E-state index in [9.17, 15) is 4.79 Å².